The van der Waals surface area contributed by atoms with Crippen molar-refractivity contribution in [2.45, 2.75) is 5.92 Å². The van der Waals surface area contributed by atoms with Crippen molar-refractivity contribution >= 4 is 10.9 Å². The number of nitriles is 1. The average molecular weight is 389 g/mol. The Labute approximate surface area is 167 Å². The molecule has 1 aliphatic rings. The van der Waals surface area contributed by atoms with E-state index < -0.39 is 5.92 Å². The Kier molecular flexibility index (Phi) is 4.40. The first-order chi connectivity index (χ1) is 14.0. The van der Waals surface area contributed by atoms with Crippen molar-refractivity contribution in [2.75, 3.05) is 14.2 Å². The van der Waals surface area contributed by atoms with Crippen molar-refractivity contribution in [2.24, 2.45) is 12.8 Å². The molecule has 0 unspecified atom stereocenters. The first-order valence-corrected chi connectivity index (χ1v) is 8.93. The summed E-state index contributed by atoms with van der Waals surface area (Å²) in [5.74, 6) is 0.710. The van der Waals surface area contributed by atoms with Crippen LogP contribution in [-0.2, 0) is 7.05 Å². The molecule has 146 valence electrons. The van der Waals surface area contributed by atoms with E-state index in [-0.39, 0.29) is 17.0 Å². The van der Waals surface area contributed by atoms with Crippen LogP contribution in [0.15, 0.2) is 58.7 Å². The van der Waals surface area contributed by atoms with E-state index in [0.717, 1.165) is 10.9 Å². The maximum absolute atomic E-state index is 13.3. The zero-order valence-corrected chi connectivity index (χ0v) is 16.2. The average Bonchev–Trinajstić information content (AvgIpc) is 2.76. The predicted octanol–water partition coefficient (Wildman–Crippen LogP) is 2.77. The van der Waals surface area contributed by atoms with Crippen molar-refractivity contribution in [1.82, 2.24) is 4.57 Å². The lowest BCUT2D eigenvalue weighted by atomic mass is 9.83. The van der Waals surface area contributed by atoms with Gasteiger partial charge in [0.25, 0.3) is 5.56 Å². The molecule has 0 spiro atoms. The number of benzene rings is 2. The lowest BCUT2D eigenvalue weighted by Crippen LogP contribution is -2.31. The largest absolute Gasteiger partial charge is 0.493 e. The molecule has 0 fully saturated rings. The number of fused-ring (bicyclic) bond motifs is 3. The van der Waals surface area contributed by atoms with Crippen LogP contribution in [0, 0.1) is 11.3 Å². The van der Waals surface area contributed by atoms with Crippen LogP contribution in [0.4, 0.5) is 0 Å². The van der Waals surface area contributed by atoms with Crippen LogP contribution in [0.3, 0.4) is 0 Å². The molecular weight excluding hydrogens is 370 g/mol. The third-order valence-corrected chi connectivity index (χ3v) is 5.21. The summed E-state index contributed by atoms with van der Waals surface area (Å²) >= 11 is 0. The molecule has 0 saturated carbocycles. The summed E-state index contributed by atoms with van der Waals surface area (Å²) in [7, 11) is 4.77. The fourth-order valence-corrected chi connectivity index (χ4v) is 3.79. The van der Waals surface area contributed by atoms with Gasteiger partial charge in [0.2, 0.25) is 5.88 Å². The predicted molar refractivity (Wildman–Crippen MR) is 108 cm³/mol. The third-order valence-electron chi connectivity index (χ3n) is 5.21. The van der Waals surface area contributed by atoms with Gasteiger partial charge >= 0.3 is 0 Å². The van der Waals surface area contributed by atoms with Gasteiger partial charge < -0.3 is 24.5 Å². The molecule has 3 aromatic rings. The van der Waals surface area contributed by atoms with Gasteiger partial charge in [-0.05, 0) is 29.8 Å². The first kappa shape index (κ1) is 18.4. The van der Waals surface area contributed by atoms with E-state index in [9.17, 15) is 10.1 Å². The summed E-state index contributed by atoms with van der Waals surface area (Å²) in [6.45, 7) is 0. The van der Waals surface area contributed by atoms with Gasteiger partial charge in [-0.15, -0.1) is 0 Å². The zero-order chi connectivity index (χ0) is 20.7. The summed E-state index contributed by atoms with van der Waals surface area (Å²) < 4.78 is 18.1. The molecule has 7 heteroatoms. The highest BCUT2D eigenvalue weighted by molar-refractivity contribution is 5.88. The quantitative estimate of drug-likeness (QED) is 0.739. The second-order valence-electron chi connectivity index (χ2n) is 6.66. The van der Waals surface area contributed by atoms with Gasteiger partial charge in [0.05, 0.1) is 31.2 Å². The van der Waals surface area contributed by atoms with Crippen LogP contribution in [-0.4, -0.2) is 18.8 Å². The Bertz CT molecular complexity index is 1270. The number of methoxy groups -OCH3 is 2. The molecule has 0 saturated heterocycles. The van der Waals surface area contributed by atoms with Gasteiger partial charge in [0.1, 0.15) is 17.4 Å². The van der Waals surface area contributed by atoms with Crippen molar-refractivity contribution in [3.8, 4) is 23.3 Å². The minimum absolute atomic E-state index is 0.0156. The fraction of sp³-hybridized carbons (Fsp3) is 0.182. The summed E-state index contributed by atoms with van der Waals surface area (Å²) in [4.78, 5) is 13.3. The van der Waals surface area contributed by atoms with E-state index in [2.05, 4.69) is 6.07 Å². The summed E-state index contributed by atoms with van der Waals surface area (Å²) in [6.07, 6.45) is 0. The smallest absolute Gasteiger partial charge is 0.258 e. The Morgan fingerprint density at radius 1 is 1.14 bits per heavy atom. The fourth-order valence-electron chi connectivity index (χ4n) is 3.79. The normalized spacial score (nSPS) is 15.4. The number of allylic oxidation sites excluding steroid dienone is 1. The van der Waals surface area contributed by atoms with Gasteiger partial charge in [-0.3, -0.25) is 4.79 Å². The Morgan fingerprint density at radius 3 is 2.55 bits per heavy atom. The molecule has 0 bridgehead atoms. The van der Waals surface area contributed by atoms with E-state index in [0.29, 0.717) is 28.4 Å². The monoisotopic (exact) mass is 389 g/mol. The number of pyridine rings is 1. The highest BCUT2D eigenvalue weighted by Gasteiger charge is 2.35. The summed E-state index contributed by atoms with van der Waals surface area (Å²) in [5, 5.41) is 10.5. The van der Waals surface area contributed by atoms with Crippen LogP contribution in [0.25, 0.3) is 10.9 Å². The van der Waals surface area contributed by atoms with Gasteiger partial charge in [-0.1, -0.05) is 18.2 Å². The maximum Gasteiger partial charge on any atom is 0.258 e. The SMILES string of the molecule is COc1ccc([C@@H]2C(C#N)=C(N)Oc3c2c(=O)n(C)c2ccccc32)cc1OC. The maximum atomic E-state index is 13.3. The van der Waals surface area contributed by atoms with Gasteiger partial charge in [-0.25, -0.2) is 0 Å². The number of para-hydroxylation sites is 1. The molecule has 1 atom stereocenters. The molecule has 4 rings (SSSR count). The number of nitrogens with zero attached hydrogens (tertiary/aromatic N) is 2. The minimum Gasteiger partial charge on any atom is -0.493 e. The van der Waals surface area contributed by atoms with Crippen LogP contribution < -0.4 is 25.5 Å². The molecule has 2 aromatic carbocycles. The van der Waals surface area contributed by atoms with Crippen molar-refractivity contribution < 1.29 is 14.2 Å². The minimum atomic E-state index is -0.688. The van der Waals surface area contributed by atoms with E-state index >= 15 is 0 Å². The number of hydrogen-bond donors (Lipinski definition) is 1. The van der Waals surface area contributed by atoms with Crippen LogP contribution in [0.5, 0.6) is 17.2 Å². The van der Waals surface area contributed by atoms with Gasteiger partial charge in [0.15, 0.2) is 11.5 Å². The van der Waals surface area contributed by atoms with Crippen molar-refractivity contribution in [3.05, 3.63) is 75.4 Å². The molecule has 0 aliphatic carbocycles. The lowest BCUT2D eigenvalue weighted by Gasteiger charge is -2.28. The topological polar surface area (TPSA) is 99.5 Å². The summed E-state index contributed by atoms with van der Waals surface area (Å²) in [5.41, 5.74) is 7.80. The number of ether oxygens (including phenoxy) is 3. The molecule has 0 amide bonds. The lowest BCUT2D eigenvalue weighted by molar-refractivity contribution is 0.354. The number of nitrogens with two attached hydrogens (primary N) is 1. The number of hydrogen-bond acceptors (Lipinski definition) is 6. The second-order valence-corrected chi connectivity index (χ2v) is 6.66. The van der Waals surface area contributed by atoms with Crippen LogP contribution in [0.1, 0.15) is 17.0 Å². The van der Waals surface area contributed by atoms with E-state index in [1.165, 1.54) is 7.11 Å². The molecule has 2 N–H and O–H groups in total. The number of aromatic nitrogens is 1. The highest BCUT2D eigenvalue weighted by Crippen LogP contribution is 2.44. The molecule has 2 heterocycles. The third kappa shape index (κ3) is 2.69. The van der Waals surface area contributed by atoms with E-state index in [1.807, 2.05) is 24.3 Å². The number of rotatable bonds is 3. The molecule has 7 nitrogen and oxygen atoms in total. The zero-order valence-electron chi connectivity index (χ0n) is 16.2. The van der Waals surface area contributed by atoms with E-state index in [4.69, 9.17) is 19.9 Å². The number of aryl methyl sites for hydroxylation is 1. The van der Waals surface area contributed by atoms with Crippen molar-refractivity contribution in [3.63, 3.8) is 0 Å². The van der Waals surface area contributed by atoms with Gasteiger partial charge in [0, 0.05) is 12.4 Å². The molecule has 1 aliphatic heterocycles. The first-order valence-electron chi connectivity index (χ1n) is 8.93. The van der Waals surface area contributed by atoms with Crippen LogP contribution >= 0.6 is 0 Å². The molecule has 29 heavy (non-hydrogen) atoms. The molecular formula is C22H19N3O4. The summed E-state index contributed by atoms with van der Waals surface area (Å²) in [6, 6.07) is 14.8. The van der Waals surface area contributed by atoms with Gasteiger partial charge in [-0.2, -0.15) is 5.26 Å². The molecule has 0 radical (unpaired) electrons. The van der Waals surface area contributed by atoms with Crippen LogP contribution in [0.2, 0.25) is 0 Å². The standard InChI is InChI=1S/C22H19N3O4/c1-25-15-7-5-4-6-13(15)20-19(22(25)26)18(14(11-23)21(24)29-20)12-8-9-16(27-2)17(10-12)28-3/h4-10,18H,24H2,1-3H3/t18-/m1/s1. The molecule has 1 aromatic heterocycles. The second kappa shape index (κ2) is 6.91. The Balaban J connectivity index is 2.08. The Hall–Kier alpha value is -3.92. The Morgan fingerprint density at radius 2 is 1.86 bits per heavy atom. The van der Waals surface area contributed by atoms with E-state index in [1.54, 1.807) is 36.9 Å². The highest BCUT2D eigenvalue weighted by atomic mass is 16.5. The van der Waals surface area contributed by atoms with Crippen molar-refractivity contribution in [1.29, 1.82) is 5.26 Å².